The van der Waals surface area contributed by atoms with Crippen molar-refractivity contribution in [3.8, 4) is 0 Å². The number of esters is 1. The van der Waals surface area contributed by atoms with E-state index >= 15 is 0 Å². The second kappa shape index (κ2) is 8.44. The molecular weight excluding hydrogens is 403 g/mol. The average molecular weight is 424 g/mol. The van der Waals surface area contributed by atoms with Gasteiger partial charge in [-0.25, -0.2) is 14.2 Å². The molecule has 0 aromatic heterocycles. The second-order valence-electron chi connectivity index (χ2n) is 7.14. The molecule has 0 aliphatic carbocycles. The standard InChI is InChI=1S/C23H21FN2O3S/c1-3-18-21(27)26-20(16-10-7-11-17(24)12-16)19(14(2)25-23(26)30-18)22(28)29-13-15-8-5-4-6-9-15/h4-12,18,20H,3,13H2,1-2H3/t18-,20+/m0/s1. The van der Waals surface area contributed by atoms with E-state index in [9.17, 15) is 14.0 Å². The SMILES string of the molecule is CC[C@@H]1SC2=NC(C)=C(C(=O)OCc3ccccc3)[C@@H](c3cccc(F)c3)N2C1=O. The Morgan fingerprint density at radius 3 is 2.67 bits per heavy atom. The van der Waals surface area contributed by atoms with Gasteiger partial charge in [0.2, 0.25) is 5.91 Å². The third-order valence-corrected chi connectivity index (χ3v) is 6.44. The average Bonchev–Trinajstić information content (AvgIpc) is 3.06. The van der Waals surface area contributed by atoms with Gasteiger partial charge in [0.1, 0.15) is 12.4 Å². The van der Waals surface area contributed by atoms with Crippen molar-refractivity contribution >= 4 is 28.8 Å². The zero-order valence-electron chi connectivity index (χ0n) is 16.7. The zero-order valence-corrected chi connectivity index (χ0v) is 17.5. The van der Waals surface area contributed by atoms with Crippen LogP contribution in [0.4, 0.5) is 4.39 Å². The van der Waals surface area contributed by atoms with E-state index in [0.717, 1.165) is 5.56 Å². The van der Waals surface area contributed by atoms with Gasteiger partial charge in [-0.1, -0.05) is 61.2 Å². The molecule has 0 spiro atoms. The van der Waals surface area contributed by atoms with Gasteiger partial charge in [-0.05, 0) is 36.6 Å². The quantitative estimate of drug-likeness (QED) is 0.658. The van der Waals surface area contributed by atoms with Crippen LogP contribution in [-0.4, -0.2) is 27.2 Å². The van der Waals surface area contributed by atoms with Gasteiger partial charge in [0.15, 0.2) is 5.17 Å². The summed E-state index contributed by atoms with van der Waals surface area (Å²) in [6, 6.07) is 14.5. The largest absolute Gasteiger partial charge is 0.457 e. The smallest absolute Gasteiger partial charge is 0.338 e. The number of benzene rings is 2. The van der Waals surface area contributed by atoms with Crippen LogP contribution in [0.2, 0.25) is 0 Å². The monoisotopic (exact) mass is 424 g/mol. The number of rotatable bonds is 5. The number of amides is 1. The lowest BCUT2D eigenvalue weighted by Crippen LogP contribution is -2.40. The van der Waals surface area contributed by atoms with E-state index in [-0.39, 0.29) is 23.3 Å². The highest BCUT2D eigenvalue weighted by Crippen LogP contribution is 2.44. The molecule has 2 heterocycles. The first-order valence-corrected chi connectivity index (χ1v) is 10.6. The number of halogens is 1. The highest BCUT2D eigenvalue weighted by Gasteiger charge is 2.47. The van der Waals surface area contributed by atoms with Crippen LogP contribution in [0.15, 0.2) is 70.9 Å². The van der Waals surface area contributed by atoms with Crippen LogP contribution in [0.3, 0.4) is 0 Å². The Bertz CT molecular complexity index is 1050. The van der Waals surface area contributed by atoms with Crippen molar-refractivity contribution in [3.63, 3.8) is 0 Å². The van der Waals surface area contributed by atoms with Gasteiger partial charge in [-0.2, -0.15) is 0 Å². The third-order valence-electron chi connectivity index (χ3n) is 5.12. The Balaban J connectivity index is 1.72. The van der Waals surface area contributed by atoms with E-state index in [0.29, 0.717) is 22.8 Å². The van der Waals surface area contributed by atoms with Crippen LogP contribution in [0.5, 0.6) is 0 Å². The van der Waals surface area contributed by atoms with Crippen molar-refractivity contribution in [1.29, 1.82) is 0 Å². The molecule has 2 aromatic rings. The number of aliphatic imine (C=N–C) groups is 1. The molecule has 0 radical (unpaired) electrons. The van der Waals surface area contributed by atoms with Crippen molar-refractivity contribution < 1.29 is 18.7 Å². The Labute approximate surface area is 178 Å². The van der Waals surface area contributed by atoms with Crippen LogP contribution < -0.4 is 0 Å². The third kappa shape index (κ3) is 3.77. The van der Waals surface area contributed by atoms with Gasteiger partial charge in [0.25, 0.3) is 0 Å². The normalized spacial score (nSPS) is 20.8. The van der Waals surface area contributed by atoms with Gasteiger partial charge in [0, 0.05) is 0 Å². The van der Waals surface area contributed by atoms with E-state index < -0.39 is 17.8 Å². The minimum absolute atomic E-state index is 0.100. The van der Waals surface area contributed by atoms with Gasteiger partial charge in [0.05, 0.1) is 22.6 Å². The summed E-state index contributed by atoms with van der Waals surface area (Å²) in [4.78, 5) is 32.2. The molecule has 1 saturated heterocycles. The summed E-state index contributed by atoms with van der Waals surface area (Å²) in [5, 5.41) is 0.269. The van der Waals surface area contributed by atoms with Crippen molar-refractivity contribution in [3.05, 3.63) is 82.8 Å². The number of hydrogen-bond acceptors (Lipinski definition) is 5. The summed E-state index contributed by atoms with van der Waals surface area (Å²) in [5.41, 5.74) is 2.10. The van der Waals surface area contributed by atoms with Crippen molar-refractivity contribution in [1.82, 2.24) is 4.90 Å². The molecule has 2 aliphatic rings. The minimum atomic E-state index is -0.770. The number of fused-ring (bicyclic) bond motifs is 1. The lowest BCUT2D eigenvalue weighted by molar-refractivity contribution is -0.141. The minimum Gasteiger partial charge on any atom is -0.457 e. The highest BCUT2D eigenvalue weighted by atomic mass is 32.2. The Morgan fingerprint density at radius 2 is 1.97 bits per heavy atom. The Kier molecular flexibility index (Phi) is 5.72. The van der Waals surface area contributed by atoms with Crippen LogP contribution >= 0.6 is 11.8 Å². The molecule has 2 aliphatic heterocycles. The summed E-state index contributed by atoms with van der Waals surface area (Å²) in [5.74, 6) is -1.12. The van der Waals surface area contributed by atoms with Crippen LogP contribution in [0, 0.1) is 5.82 Å². The first kappa shape index (κ1) is 20.3. The maximum atomic E-state index is 14.0. The predicted molar refractivity (Wildman–Crippen MR) is 114 cm³/mol. The molecule has 5 nitrogen and oxygen atoms in total. The maximum Gasteiger partial charge on any atom is 0.338 e. The molecule has 1 fully saturated rings. The lowest BCUT2D eigenvalue weighted by atomic mass is 9.94. The molecule has 0 N–H and O–H groups in total. The molecule has 7 heteroatoms. The number of nitrogens with zero attached hydrogens (tertiary/aromatic N) is 2. The highest BCUT2D eigenvalue weighted by molar-refractivity contribution is 8.15. The van der Waals surface area contributed by atoms with Crippen molar-refractivity contribution in [2.75, 3.05) is 0 Å². The van der Waals surface area contributed by atoms with Crippen LogP contribution in [0.25, 0.3) is 0 Å². The topological polar surface area (TPSA) is 59.0 Å². The Hall–Kier alpha value is -2.93. The van der Waals surface area contributed by atoms with E-state index in [2.05, 4.69) is 4.99 Å². The molecular formula is C23H21FN2O3S. The van der Waals surface area contributed by atoms with Gasteiger partial charge >= 0.3 is 5.97 Å². The summed E-state index contributed by atoms with van der Waals surface area (Å²) >= 11 is 1.38. The van der Waals surface area contributed by atoms with Crippen molar-refractivity contribution in [2.24, 2.45) is 4.99 Å². The predicted octanol–water partition coefficient (Wildman–Crippen LogP) is 4.61. The first-order chi connectivity index (χ1) is 14.5. The molecule has 0 bridgehead atoms. The molecule has 1 amide bonds. The Morgan fingerprint density at radius 1 is 1.20 bits per heavy atom. The van der Waals surface area contributed by atoms with Crippen LogP contribution in [-0.2, 0) is 20.9 Å². The van der Waals surface area contributed by atoms with Gasteiger partial charge < -0.3 is 4.74 Å². The molecule has 2 aromatic carbocycles. The van der Waals surface area contributed by atoms with E-state index in [1.807, 2.05) is 37.3 Å². The summed E-state index contributed by atoms with van der Waals surface area (Å²) in [6.45, 7) is 3.75. The fourth-order valence-corrected chi connectivity index (χ4v) is 4.78. The van der Waals surface area contributed by atoms with E-state index in [1.54, 1.807) is 19.1 Å². The molecule has 2 atom stereocenters. The first-order valence-electron chi connectivity index (χ1n) is 9.75. The maximum absolute atomic E-state index is 14.0. The van der Waals surface area contributed by atoms with Gasteiger partial charge in [-0.15, -0.1) is 0 Å². The number of thioether (sulfide) groups is 1. The fourth-order valence-electron chi connectivity index (χ4n) is 3.64. The molecule has 154 valence electrons. The summed E-state index contributed by atoms with van der Waals surface area (Å²) < 4.78 is 19.6. The molecule has 4 rings (SSSR count). The van der Waals surface area contributed by atoms with E-state index in [4.69, 9.17) is 4.74 Å². The number of allylic oxidation sites excluding steroid dienone is 1. The lowest BCUT2D eigenvalue weighted by Gasteiger charge is -2.33. The van der Waals surface area contributed by atoms with Crippen LogP contribution in [0.1, 0.15) is 37.4 Å². The number of ether oxygens (including phenoxy) is 1. The second-order valence-corrected chi connectivity index (χ2v) is 8.31. The van der Waals surface area contributed by atoms with Gasteiger partial charge in [-0.3, -0.25) is 9.69 Å². The molecule has 0 unspecified atom stereocenters. The number of carbonyl (C=O) groups excluding carboxylic acids is 2. The zero-order chi connectivity index (χ0) is 21.3. The van der Waals surface area contributed by atoms with E-state index in [1.165, 1.54) is 28.8 Å². The molecule has 0 saturated carbocycles. The number of carbonyl (C=O) groups is 2. The van der Waals surface area contributed by atoms with Crippen molar-refractivity contribution in [2.45, 2.75) is 38.2 Å². The molecule has 30 heavy (non-hydrogen) atoms. The number of amidine groups is 1. The summed E-state index contributed by atoms with van der Waals surface area (Å²) in [7, 11) is 0. The number of hydrogen-bond donors (Lipinski definition) is 0. The summed E-state index contributed by atoms with van der Waals surface area (Å²) in [6.07, 6.45) is 0.641. The fraction of sp³-hybridized carbons (Fsp3) is 0.261.